The standard InChI is InChI=1S/C14H18N4O3S/c1-11-3-4-13(15-7-11)21-12-5-6-18(8-12)22(19,20)14-9-17(2)10-16-14/h3-4,7,9-10,12H,5-6,8H2,1-2H3. The van der Waals surface area contributed by atoms with Crippen molar-refractivity contribution in [1.29, 1.82) is 0 Å². The molecule has 0 aromatic carbocycles. The number of hydrogen-bond donors (Lipinski definition) is 0. The van der Waals surface area contributed by atoms with Gasteiger partial charge in [0.1, 0.15) is 6.10 Å². The second kappa shape index (κ2) is 5.69. The fraction of sp³-hybridized carbons (Fsp3) is 0.429. The topological polar surface area (TPSA) is 77.3 Å². The van der Waals surface area contributed by atoms with Gasteiger partial charge in [-0.1, -0.05) is 6.07 Å². The van der Waals surface area contributed by atoms with Gasteiger partial charge in [0.05, 0.1) is 12.9 Å². The van der Waals surface area contributed by atoms with Crippen molar-refractivity contribution >= 4 is 10.0 Å². The van der Waals surface area contributed by atoms with Crippen LogP contribution in [0.4, 0.5) is 0 Å². The first kappa shape index (κ1) is 15.0. The highest BCUT2D eigenvalue weighted by Crippen LogP contribution is 2.22. The first-order chi connectivity index (χ1) is 10.4. The number of pyridine rings is 1. The zero-order chi connectivity index (χ0) is 15.7. The summed E-state index contributed by atoms with van der Waals surface area (Å²) in [5.41, 5.74) is 1.05. The summed E-state index contributed by atoms with van der Waals surface area (Å²) < 4.78 is 33.7. The molecule has 1 aliphatic heterocycles. The maximum absolute atomic E-state index is 12.5. The Morgan fingerprint density at radius 1 is 1.32 bits per heavy atom. The Balaban J connectivity index is 1.68. The average molecular weight is 322 g/mol. The summed E-state index contributed by atoms with van der Waals surface area (Å²) in [7, 11) is -1.81. The molecule has 2 aromatic heterocycles. The van der Waals surface area contributed by atoms with Crippen LogP contribution in [-0.2, 0) is 17.1 Å². The molecule has 118 valence electrons. The number of sulfonamides is 1. The highest BCUT2D eigenvalue weighted by Gasteiger charge is 2.35. The lowest BCUT2D eigenvalue weighted by Gasteiger charge is -2.15. The Morgan fingerprint density at radius 3 is 2.77 bits per heavy atom. The molecule has 7 nitrogen and oxygen atoms in total. The highest BCUT2D eigenvalue weighted by molar-refractivity contribution is 7.89. The number of nitrogens with zero attached hydrogens (tertiary/aromatic N) is 4. The first-order valence-corrected chi connectivity index (χ1v) is 8.46. The molecular weight excluding hydrogens is 304 g/mol. The average Bonchev–Trinajstić information content (AvgIpc) is 3.11. The lowest BCUT2D eigenvalue weighted by atomic mass is 10.3. The number of rotatable bonds is 4. The van der Waals surface area contributed by atoms with Gasteiger partial charge >= 0.3 is 0 Å². The maximum Gasteiger partial charge on any atom is 0.262 e. The minimum absolute atomic E-state index is 0.0733. The van der Waals surface area contributed by atoms with Crippen molar-refractivity contribution in [2.45, 2.75) is 24.5 Å². The summed E-state index contributed by atoms with van der Waals surface area (Å²) in [6.07, 6.45) is 5.17. The van der Waals surface area contributed by atoms with Gasteiger partial charge < -0.3 is 9.30 Å². The normalized spacial score (nSPS) is 19.5. The number of imidazole rings is 1. The quantitative estimate of drug-likeness (QED) is 0.838. The molecule has 0 aliphatic carbocycles. The largest absolute Gasteiger partial charge is 0.473 e. The van der Waals surface area contributed by atoms with Gasteiger partial charge in [-0.15, -0.1) is 0 Å². The molecule has 8 heteroatoms. The molecule has 1 fully saturated rings. The van der Waals surface area contributed by atoms with Gasteiger partial charge in [-0.05, 0) is 18.9 Å². The Kier molecular flexibility index (Phi) is 3.88. The minimum Gasteiger partial charge on any atom is -0.473 e. The van der Waals surface area contributed by atoms with Gasteiger partial charge in [0.2, 0.25) is 5.88 Å². The summed E-state index contributed by atoms with van der Waals surface area (Å²) in [6.45, 7) is 2.69. The van der Waals surface area contributed by atoms with Crippen molar-refractivity contribution in [3.8, 4) is 5.88 Å². The Bertz CT molecular complexity index is 755. The fourth-order valence-corrected chi connectivity index (χ4v) is 3.81. The molecule has 0 bridgehead atoms. The zero-order valence-electron chi connectivity index (χ0n) is 12.5. The van der Waals surface area contributed by atoms with E-state index in [0.29, 0.717) is 25.4 Å². The summed E-state index contributed by atoms with van der Waals surface area (Å²) in [5.74, 6) is 0.521. The van der Waals surface area contributed by atoms with Crippen LogP contribution in [0.1, 0.15) is 12.0 Å². The van der Waals surface area contributed by atoms with E-state index in [4.69, 9.17) is 4.74 Å². The molecule has 22 heavy (non-hydrogen) atoms. The predicted octanol–water partition coefficient (Wildman–Crippen LogP) is 0.966. The SMILES string of the molecule is Cc1ccc(OC2CCN(S(=O)(=O)c3cn(C)cn3)C2)nc1. The van der Waals surface area contributed by atoms with Crippen molar-refractivity contribution in [2.24, 2.45) is 7.05 Å². The molecule has 0 saturated carbocycles. The van der Waals surface area contributed by atoms with Crippen molar-refractivity contribution in [2.75, 3.05) is 13.1 Å². The van der Waals surface area contributed by atoms with Crippen molar-refractivity contribution in [3.63, 3.8) is 0 Å². The van der Waals surface area contributed by atoms with E-state index in [1.165, 1.54) is 16.8 Å². The van der Waals surface area contributed by atoms with E-state index in [1.807, 2.05) is 13.0 Å². The fourth-order valence-electron chi connectivity index (χ4n) is 2.36. The summed E-state index contributed by atoms with van der Waals surface area (Å²) >= 11 is 0. The van der Waals surface area contributed by atoms with Crippen LogP contribution >= 0.6 is 0 Å². The van der Waals surface area contributed by atoms with Crippen LogP contribution in [0, 0.1) is 6.92 Å². The van der Waals surface area contributed by atoms with Crippen molar-refractivity contribution < 1.29 is 13.2 Å². The molecule has 2 aromatic rings. The third-order valence-corrected chi connectivity index (χ3v) is 5.32. The molecule has 1 atom stereocenters. The van der Waals surface area contributed by atoms with Crippen molar-refractivity contribution in [3.05, 3.63) is 36.4 Å². The van der Waals surface area contributed by atoms with E-state index in [1.54, 1.807) is 23.9 Å². The van der Waals surface area contributed by atoms with E-state index in [9.17, 15) is 8.42 Å². The van der Waals surface area contributed by atoms with E-state index < -0.39 is 10.0 Å². The molecule has 1 aliphatic rings. The van der Waals surface area contributed by atoms with Crippen LogP contribution in [0.15, 0.2) is 35.9 Å². The third kappa shape index (κ3) is 2.97. The Morgan fingerprint density at radius 2 is 2.14 bits per heavy atom. The number of hydrogen-bond acceptors (Lipinski definition) is 5. The summed E-state index contributed by atoms with van der Waals surface area (Å²) in [6, 6.07) is 3.71. The second-order valence-corrected chi connectivity index (χ2v) is 7.33. The molecule has 1 saturated heterocycles. The lowest BCUT2D eigenvalue weighted by molar-refractivity contribution is 0.207. The van der Waals surface area contributed by atoms with E-state index in [0.717, 1.165) is 5.56 Å². The number of ether oxygens (including phenoxy) is 1. The second-order valence-electron chi connectivity index (χ2n) is 5.44. The van der Waals surface area contributed by atoms with E-state index in [-0.39, 0.29) is 11.1 Å². The highest BCUT2D eigenvalue weighted by atomic mass is 32.2. The Labute approximate surface area is 129 Å². The summed E-state index contributed by atoms with van der Waals surface area (Å²) in [4.78, 5) is 8.12. The van der Waals surface area contributed by atoms with Gasteiger partial charge in [0.15, 0.2) is 5.03 Å². The van der Waals surface area contributed by atoms with Gasteiger partial charge in [0.25, 0.3) is 10.0 Å². The van der Waals surface area contributed by atoms with Crippen molar-refractivity contribution in [1.82, 2.24) is 18.8 Å². The molecule has 0 amide bonds. The monoisotopic (exact) mass is 322 g/mol. The molecule has 3 heterocycles. The smallest absolute Gasteiger partial charge is 0.262 e. The van der Waals surface area contributed by atoms with Gasteiger partial charge in [-0.3, -0.25) is 0 Å². The maximum atomic E-state index is 12.5. The molecule has 1 unspecified atom stereocenters. The van der Waals surface area contributed by atoms with E-state index in [2.05, 4.69) is 9.97 Å². The Hall–Kier alpha value is -1.93. The number of aryl methyl sites for hydroxylation is 2. The van der Waals surface area contributed by atoms with Crippen LogP contribution < -0.4 is 4.74 Å². The predicted molar refractivity (Wildman–Crippen MR) is 80.0 cm³/mol. The van der Waals surface area contributed by atoms with Crippen LogP contribution in [0.25, 0.3) is 0 Å². The molecule has 0 spiro atoms. The zero-order valence-corrected chi connectivity index (χ0v) is 13.3. The van der Waals surface area contributed by atoms with Gasteiger partial charge in [-0.25, -0.2) is 18.4 Å². The number of aromatic nitrogens is 3. The van der Waals surface area contributed by atoms with Gasteiger partial charge in [0, 0.05) is 32.1 Å². The van der Waals surface area contributed by atoms with Crippen LogP contribution in [0.5, 0.6) is 5.88 Å². The van der Waals surface area contributed by atoms with Crippen LogP contribution in [0.3, 0.4) is 0 Å². The molecule has 0 N–H and O–H groups in total. The van der Waals surface area contributed by atoms with Crippen LogP contribution in [0.2, 0.25) is 0 Å². The molecule has 3 rings (SSSR count). The van der Waals surface area contributed by atoms with Crippen LogP contribution in [-0.4, -0.2) is 46.5 Å². The first-order valence-electron chi connectivity index (χ1n) is 7.02. The lowest BCUT2D eigenvalue weighted by Crippen LogP contribution is -2.31. The minimum atomic E-state index is -3.55. The van der Waals surface area contributed by atoms with Gasteiger partial charge in [-0.2, -0.15) is 4.31 Å². The van der Waals surface area contributed by atoms with E-state index >= 15 is 0 Å². The summed E-state index contributed by atoms with van der Waals surface area (Å²) in [5, 5.41) is 0.0733. The molecule has 0 radical (unpaired) electrons. The third-order valence-electron chi connectivity index (χ3n) is 3.56. The molecular formula is C14H18N4O3S.